The zero-order valence-corrected chi connectivity index (χ0v) is 19.4. The number of nitrogens with zero attached hydrogens (tertiary/aromatic N) is 3. The minimum Gasteiger partial charge on any atom is -0.379 e. The number of ether oxygens (including phenoxy) is 1. The highest BCUT2D eigenvalue weighted by Crippen LogP contribution is 2.22. The predicted molar refractivity (Wildman–Crippen MR) is 126 cm³/mol. The van der Waals surface area contributed by atoms with E-state index in [4.69, 9.17) is 4.74 Å². The highest BCUT2D eigenvalue weighted by molar-refractivity contribution is 5.96. The van der Waals surface area contributed by atoms with Crippen LogP contribution in [0.15, 0.2) is 35.4 Å². The van der Waals surface area contributed by atoms with Crippen molar-refractivity contribution in [2.75, 3.05) is 32.8 Å². The Morgan fingerprint density at radius 1 is 1.18 bits per heavy atom. The number of aryl methyl sites for hydroxylation is 3. The molecular weight excluding hydrogens is 418 g/mol. The standard InChI is InChI=1S/C25H30N5O3/c1-17-4-5-20(21-14-27-30(16-21)7-6-29-8-10-33-11-9-29)13-22(17)24(31)26-15-23-18(2)12-19(3)28-25(23)32/h5,12-14,16H,6-11,15H2,1-3H3,(H,26,31)(H,28,32). The van der Waals surface area contributed by atoms with Crippen molar-refractivity contribution in [1.29, 1.82) is 0 Å². The number of aromatic amines is 1. The van der Waals surface area contributed by atoms with Gasteiger partial charge in [-0.15, -0.1) is 0 Å². The summed E-state index contributed by atoms with van der Waals surface area (Å²) in [6.45, 7) is 10.9. The van der Waals surface area contributed by atoms with Crippen LogP contribution in [0.2, 0.25) is 0 Å². The van der Waals surface area contributed by atoms with Crippen molar-refractivity contribution in [1.82, 2.24) is 25.0 Å². The highest BCUT2D eigenvalue weighted by atomic mass is 16.5. The zero-order chi connectivity index (χ0) is 23.4. The third kappa shape index (κ3) is 5.58. The molecule has 1 fully saturated rings. The number of nitrogens with one attached hydrogen (secondary N) is 2. The number of carbonyl (C=O) groups is 1. The maximum Gasteiger partial charge on any atom is 0.253 e. The summed E-state index contributed by atoms with van der Waals surface area (Å²) >= 11 is 0. The lowest BCUT2D eigenvalue weighted by Crippen LogP contribution is -2.38. The van der Waals surface area contributed by atoms with Crippen LogP contribution in [0.1, 0.15) is 32.7 Å². The van der Waals surface area contributed by atoms with Crippen molar-refractivity contribution in [3.05, 3.63) is 75.0 Å². The number of carbonyl (C=O) groups excluding carboxylic acids is 1. The molecule has 8 nitrogen and oxygen atoms in total. The molecule has 1 saturated heterocycles. The van der Waals surface area contributed by atoms with Crippen LogP contribution in [0.25, 0.3) is 11.1 Å². The van der Waals surface area contributed by atoms with Crippen molar-refractivity contribution in [2.45, 2.75) is 33.9 Å². The molecule has 4 rings (SSSR count). The quantitative estimate of drug-likeness (QED) is 0.578. The van der Waals surface area contributed by atoms with Crippen LogP contribution >= 0.6 is 0 Å². The van der Waals surface area contributed by atoms with E-state index < -0.39 is 0 Å². The minimum atomic E-state index is -0.232. The number of morpholine rings is 1. The lowest BCUT2D eigenvalue weighted by molar-refractivity contribution is 0.0360. The summed E-state index contributed by atoms with van der Waals surface area (Å²) in [4.78, 5) is 30.3. The molecule has 3 heterocycles. The number of pyridine rings is 1. The van der Waals surface area contributed by atoms with Gasteiger partial charge in [-0.05, 0) is 61.7 Å². The number of rotatable bonds is 7. The van der Waals surface area contributed by atoms with Gasteiger partial charge in [0.25, 0.3) is 11.5 Å². The van der Waals surface area contributed by atoms with Crippen molar-refractivity contribution < 1.29 is 9.53 Å². The van der Waals surface area contributed by atoms with Crippen LogP contribution in [0, 0.1) is 26.8 Å². The second kappa shape index (κ2) is 10.1. The number of H-pyrrole nitrogens is 1. The van der Waals surface area contributed by atoms with Crippen LogP contribution in [0.4, 0.5) is 0 Å². The largest absolute Gasteiger partial charge is 0.379 e. The van der Waals surface area contributed by atoms with Gasteiger partial charge >= 0.3 is 0 Å². The number of hydrogen-bond donors (Lipinski definition) is 2. The molecule has 1 aliphatic rings. The monoisotopic (exact) mass is 448 g/mol. The summed E-state index contributed by atoms with van der Waals surface area (Å²) in [6, 6.07) is 8.82. The van der Waals surface area contributed by atoms with E-state index >= 15 is 0 Å². The van der Waals surface area contributed by atoms with Crippen molar-refractivity contribution in [3.63, 3.8) is 0 Å². The van der Waals surface area contributed by atoms with Gasteiger partial charge in [-0.25, -0.2) is 0 Å². The summed E-state index contributed by atoms with van der Waals surface area (Å²) in [5, 5.41) is 7.36. The van der Waals surface area contributed by atoms with Crippen LogP contribution < -0.4 is 10.9 Å². The molecule has 2 N–H and O–H groups in total. The first-order chi connectivity index (χ1) is 15.9. The summed E-state index contributed by atoms with van der Waals surface area (Å²) in [5.74, 6) is -0.232. The summed E-state index contributed by atoms with van der Waals surface area (Å²) in [5.41, 5.74) is 5.16. The number of benzene rings is 1. The Morgan fingerprint density at radius 2 is 1.97 bits per heavy atom. The first kappa shape index (κ1) is 22.9. The second-order valence-corrected chi connectivity index (χ2v) is 8.50. The number of hydrogen-bond acceptors (Lipinski definition) is 5. The molecule has 2 aromatic heterocycles. The molecule has 0 atom stereocenters. The van der Waals surface area contributed by atoms with Gasteiger partial charge in [0.05, 0.1) is 26.0 Å². The van der Waals surface area contributed by atoms with Crippen LogP contribution in [0.5, 0.6) is 0 Å². The van der Waals surface area contributed by atoms with Crippen LogP contribution in [-0.2, 0) is 17.8 Å². The molecule has 1 amide bonds. The smallest absolute Gasteiger partial charge is 0.253 e. The van der Waals surface area contributed by atoms with Gasteiger partial charge in [0.1, 0.15) is 0 Å². The highest BCUT2D eigenvalue weighted by Gasteiger charge is 2.14. The Labute approximate surface area is 193 Å². The van der Waals surface area contributed by atoms with Crippen LogP contribution in [-0.4, -0.2) is 58.4 Å². The van der Waals surface area contributed by atoms with E-state index in [0.717, 1.165) is 67.3 Å². The fourth-order valence-corrected chi connectivity index (χ4v) is 4.04. The zero-order valence-electron chi connectivity index (χ0n) is 19.4. The van der Waals surface area contributed by atoms with Gasteiger partial charge < -0.3 is 15.0 Å². The molecule has 1 aromatic carbocycles. The second-order valence-electron chi connectivity index (χ2n) is 8.50. The van der Waals surface area contributed by atoms with Gasteiger partial charge in [0.15, 0.2) is 0 Å². The van der Waals surface area contributed by atoms with E-state index in [0.29, 0.717) is 11.1 Å². The van der Waals surface area contributed by atoms with E-state index in [2.05, 4.69) is 26.4 Å². The SMILES string of the molecule is Cc1cc(C)c(CNC(=O)c2cc(-c3cnn(CCN4CCOCC4)c3)c[c]c2C)c(=O)[nH]1. The maximum atomic E-state index is 12.9. The molecule has 0 spiro atoms. The Bertz CT molecular complexity index is 1190. The van der Waals surface area contributed by atoms with Gasteiger partial charge in [-0.3, -0.25) is 19.2 Å². The average molecular weight is 449 g/mol. The Kier molecular flexibility index (Phi) is 7.05. The Morgan fingerprint density at radius 3 is 2.73 bits per heavy atom. The average Bonchev–Trinajstić information content (AvgIpc) is 3.27. The summed E-state index contributed by atoms with van der Waals surface area (Å²) < 4.78 is 7.32. The van der Waals surface area contributed by atoms with E-state index in [9.17, 15) is 9.59 Å². The third-order valence-electron chi connectivity index (χ3n) is 6.03. The van der Waals surface area contributed by atoms with Crippen LogP contribution in [0.3, 0.4) is 0 Å². The first-order valence-corrected chi connectivity index (χ1v) is 11.2. The fraction of sp³-hybridized carbons (Fsp3) is 0.400. The van der Waals surface area contributed by atoms with E-state index in [-0.39, 0.29) is 18.0 Å². The Hall–Kier alpha value is -3.23. The molecule has 1 aliphatic heterocycles. The van der Waals surface area contributed by atoms with Gasteiger partial charge in [0, 0.05) is 54.8 Å². The molecule has 0 saturated carbocycles. The summed E-state index contributed by atoms with van der Waals surface area (Å²) in [7, 11) is 0. The fourth-order valence-electron chi connectivity index (χ4n) is 4.04. The van der Waals surface area contributed by atoms with Gasteiger partial charge in [0.2, 0.25) is 0 Å². The molecule has 0 bridgehead atoms. The lowest BCUT2D eigenvalue weighted by Gasteiger charge is -2.26. The van der Waals surface area contributed by atoms with E-state index in [1.54, 1.807) is 0 Å². The molecule has 1 radical (unpaired) electrons. The number of aromatic nitrogens is 3. The van der Waals surface area contributed by atoms with Gasteiger partial charge in [-0.2, -0.15) is 5.10 Å². The molecule has 8 heteroatoms. The van der Waals surface area contributed by atoms with Crippen molar-refractivity contribution in [3.8, 4) is 11.1 Å². The molecule has 173 valence electrons. The molecular formula is C25H30N5O3. The molecule has 0 aliphatic carbocycles. The minimum absolute atomic E-state index is 0.170. The van der Waals surface area contributed by atoms with Crippen molar-refractivity contribution in [2.24, 2.45) is 0 Å². The molecule has 0 unspecified atom stereocenters. The third-order valence-corrected chi connectivity index (χ3v) is 6.03. The topological polar surface area (TPSA) is 92.2 Å². The van der Waals surface area contributed by atoms with Crippen molar-refractivity contribution >= 4 is 5.91 Å². The number of amides is 1. The summed E-state index contributed by atoms with van der Waals surface area (Å²) in [6.07, 6.45) is 3.81. The Balaban J connectivity index is 1.44. The first-order valence-electron chi connectivity index (χ1n) is 11.2. The van der Waals surface area contributed by atoms with Gasteiger partial charge in [-0.1, -0.05) is 0 Å². The maximum absolute atomic E-state index is 12.9. The molecule has 3 aromatic rings. The molecule has 33 heavy (non-hydrogen) atoms. The normalized spacial score (nSPS) is 14.4. The van der Waals surface area contributed by atoms with E-state index in [1.165, 1.54) is 0 Å². The predicted octanol–water partition coefficient (Wildman–Crippen LogP) is 2.23. The lowest BCUT2D eigenvalue weighted by atomic mass is 10.0. The van der Waals surface area contributed by atoms with E-state index in [1.807, 2.05) is 56.0 Å².